The van der Waals surface area contributed by atoms with Gasteiger partial charge < -0.3 is 0 Å². The zero-order valence-corrected chi connectivity index (χ0v) is 11.6. The third kappa shape index (κ3) is 4.10. The van der Waals surface area contributed by atoms with E-state index in [1.54, 1.807) is 0 Å². The number of hydrogen-bond acceptors (Lipinski definition) is 2. The number of aliphatic imine (C=N–C) groups is 1. The maximum atomic E-state index is 12.0. The summed E-state index contributed by atoms with van der Waals surface area (Å²) in [5.74, 6) is 0.225. The molecule has 0 bridgehead atoms. The second-order valence-corrected chi connectivity index (χ2v) is 4.82. The van der Waals surface area contributed by atoms with Crippen molar-refractivity contribution in [2.24, 2.45) is 4.99 Å². The van der Waals surface area contributed by atoms with Crippen molar-refractivity contribution < 1.29 is 4.79 Å². The van der Waals surface area contributed by atoms with Gasteiger partial charge in [-0.15, -0.1) is 0 Å². The van der Waals surface area contributed by atoms with Gasteiger partial charge >= 0.3 is 0 Å². The fourth-order valence-corrected chi connectivity index (χ4v) is 1.93. The second kappa shape index (κ2) is 7.10. The molecular weight excluding hydrogens is 222 g/mol. The van der Waals surface area contributed by atoms with Gasteiger partial charge in [0.1, 0.15) is 5.54 Å². The first-order chi connectivity index (χ1) is 8.62. The van der Waals surface area contributed by atoms with E-state index >= 15 is 0 Å². The predicted molar refractivity (Wildman–Crippen MR) is 77.3 cm³/mol. The lowest BCUT2D eigenvalue weighted by Crippen LogP contribution is -2.33. The van der Waals surface area contributed by atoms with Crippen LogP contribution in [0.5, 0.6) is 0 Å². The molecule has 0 saturated heterocycles. The number of ketones is 1. The molecule has 0 aliphatic heterocycles. The van der Waals surface area contributed by atoms with Gasteiger partial charge in [0.15, 0.2) is 5.78 Å². The second-order valence-electron chi connectivity index (χ2n) is 4.82. The van der Waals surface area contributed by atoms with Gasteiger partial charge in [-0.3, -0.25) is 9.79 Å². The van der Waals surface area contributed by atoms with Crippen LogP contribution in [0.2, 0.25) is 0 Å². The van der Waals surface area contributed by atoms with E-state index < -0.39 is 5.54 Å². The van der Waals surface area contributed by atoms with E-state index in [0.717, 1.165) is 24.8 Å². The molecule has 1 atom stereocenters. The Bertz CT molecular complexity index is 397. The molecule has 0 aromatic heterocycles. The Morgan fingerprint density at radius 3 is 2.50 bits per heavy atom. The van der Waals surface area contributed by atoms with E-state index in [1.165, 1.54) is 0 Å². The highest BCUT2D eigenvalue weighted by atomic mass is 16.1. The van der Waals surface area contributed by atoms with Crippen molar-refractivity contribution in [3.8, 4) is 0 Å². The smallest absolute Gasteiger partial charge is 0.159 e. The molecule has 0 amide bonds. The van der Waals surface area contributed by atoms with Crippen molar-refractivity contribution in [3.05, 3.63) is 35.9 Å². The summed E-state index contributed by atoms with van der Waals surface area (Å²) in [6.45, 7) is 6.00. The van der Waals surface area contributed by atoms with Gasteiger partial charge in [0, 0.05) is 12.6 Å². The molecule has 0 N–H and O–H groups in total. The number of carbonyl (C=O) groups is 1. The summed E-state index contributed by atoms with van der Waals surface area (Å²) < 4.78 is 0. The molecule has 2 heteroatoms. The highest BCUT2D eigenvalue weighted by Gasteiger charge is 2.29. The molecule has 1 rings (SSSR count). The summed E-state index contributed by atoms with van der Waals surface area (Å²) in [6.07, 6.45) is 5.33. The standard InChI is InChI=1S/C16H23NO/c1-4-6-12-16(3,15(18)5-2)17-13-14-10-8-7-9-11-14/h7-11,13H,4-6,12H2,1-3H3. The molecule has 98 valence electrons. The molecule has 0 fully saturated rings. The Hall–Kier alpha value is -1.44. The molecule has 0 aliphatic rings. The van der Waals surface area contributed by atoms with Crippen LogP contribution < -0.4 is 0 Å². The van der Waals surface area contributed by atoms with Crippen molar-refractivity contribution in [1.82, 2.24) is 0 Å². The Morgan fingerprint density at radius 1 is 1.28 bits per heavy atom. The first kappa shape index (κ1) is 14.6. The molecule has 0 spiro atoms. The first-order valence-electron chi connectivity index (χ1n) is 6.76. The highest BCUT2D eigenvalue weighted by Crippen LogP contribution is 2.21. The van der Waals surface area contributed by atoms with E-state index in [-0.39, 0.29) is 5.78 Å². The number of nitrogens with zero attached hydrogens (tertiary/aromatic N) is 1. The number of carbonyl (C=O) groups excluding carboxylic acids is 1. The first-order valence-corrected chi connectivity index (χ1v) is 6.76. The minimum absolute atomic E-state index is 0.225. The van der Waals surface area contributed by atoms with Crippen LogP contribution in [-0.4, -0.2) is 17.5 Å². The van der Waals surface area contributed by atoms with Crippen molar-refractivity contribution in [3.63, 3.8) is 0 Å². The largest absolute Gasteiger partial charge is 0.297 e. The molecule has 0 saturated carbocycles. The Morgan fingerprint density at radius 2 is 1.94 bits per heavy atom. The number of unbranched alkanes of at least 4 members (excludes halogenated alkanes) is 1. The van der Waals surface area contributed by atoms with Crippen LogP contribution >= 0.6 is 0 Å². The summed E-state index contributed by atoms with van der Waals surface area (Å²) in [5.41, 5.74) is 0.491. The van der Waals surface area contributed by atoms with Gasteiger partial charge in [0.25, 0.3) is 0 Å². The zero-order valence-electron chi connectivity index (χ0n) is 11.6. The van der Waals surface area contributed by atoms with Crippen LogP contribution in [0.25, 0.3) is 0 Å². The minimum Gasteiger partial charge on any atom is -0.297 e. The molecular formula is C16H23NO. The fraction of sp³-hybridized carbons (Fsp3) is 0.500. The van der Waals surface area contributed by atoms with Crippen LogP contribution in [0.15, 0.2) is 35.3 Å². The lowest BCUT2D eigenvalue weighted by Gasteiger charge is -2.23. The number of rotatable bonds is 7. The molecule has 1 aromatic carbocycles. The summed E-state index contributed by atoms with van der Waals surface area (Å²) >= 11 is 0. The van der Waals surface area contributed by atoms with Crippen LogP contribution in [0, 0.1) is 0 Å². The summed E-state index contributed by atoms with van der Waals surface area (Å²) in [7, 11) is 0. The summed E-state index contributed by atoms with van der Waals surface area (Å²) in [4.78, 5) is 16.6. The van der Waals surface area contributed by atoms with Crippen LogP contribution in [0.3, 0.4) is 0 Å². The van der Waals surface area contributed by atoms with Crippen LogP contribution in [0.4, 0.5) is 0 Å². The summed E-state index contributed by atoms with van der Waals surface area (Å²) in [5, 5.41) is 0. The highest BCUT2D eigenvalue weighted by molar-refractivity contribution is 5.91. The Kier molecular flexibility index (Phi) is 5.76. The van der Waals surface area contributed by atoms with Crippen molar-refractivity contribution >= 4 is 12.0 Å². The normalized spacial score (nSPS) is 14.6. The third-order valence-electron chi connectivity index (χ3n) is 3.24. The van der Waals surface area contributed by atoms with E-state index in [2.05, 4.69) is 11.9 Å². The SMILES string of the molecule is CCCCC(C)(N=Cc1ccccc1)C(=O)CC. The zero-order chi connectivity index (χ0) is 13.4. The average Bonchev–Trinajstić information content (AvgIpc) is 2.43. The monoisotopic (exact) mass is 245 g/mol. The quantitative estimate of drug-likeness (QED) is 0.667. The van der Waals surface area contributed by atoms with Crippen molar-refractivity contribution in [2.45, 2.75) is 52.0 Å². The molecule has 0 radical (unpaired) electrons. The van der Waals surface area contributed by atoms with Gasteiger partial charge in [-0.1, -0.05) is 57.0 Å². The molecule has 0 heterocycles. The maximum Gasteiger partial charge on any atom is 0.159 e. The van der Waals surface area contributed by atoms with E-state index in [1.807, 2.05) is 50.4 Å². The van der Waals surface area contributed by atoms with E-state index in [4.69, 9.17) is 0 Å². The Balaban J connectivity index is 2.84. The van der Waals surface area contributed by atoms with Gasteiger partial charge in [-0.25, -0.2) is 0 Å². The van der Waals surface area contributed by atoms with Gasteiger partial charge in [-0.05, 0) is 18.9 Å². The van der Waals surface area contributed by atoms with Crippen molar-refractivity contribution in [2.75, 3.05) is 0 Å². The molecule has 18 heavy (non-hydrogen) atoms. The maximum absolute atomic E-state index is 12.0. The van der Waals surface area contributed by atoms with Crippen LogP contribution in [0.1, 0.15) is 52.0 Å². The van der Waals surface area contributed by atoms with E-state index in [9.17, 15) is 4.79 Å². The fourth-order valence-electron chi connectivity index (χ4n) is 1.93. The van der Waals surface area contributed by atoms with E-state index in [0.29, 0.717) is 6.42 Å². The molecule has 0 aliphatic carbocycles. The van der Waals surface area contributed by atoms with Gasteiger partial charge in [0.2, 0.25) is 0 Å². The summed E-state index contributed by atoms with van der Waals surface area (Å²) in [6, 6.07) is 9.93. The number of benzene rings is 1. The van der Waals surface area contributed by atoms with Crippen molar-refractivity contribution in [1.29, 1.82) is 0 Å². The number of Topliss-reactive ketones (excluding diaryl/α,β-unsaturated/α-hetero) is 1. The average molecular weight is 245 g/mol. The lowest BCUT2D eigenvalue weighted by atomic mass is 9.89. The topological polar surface area (TPSA) is 29.4 Å². The predicted octanol–water partition coefficient (Wildman–Crippen LogP) is 4.03. The minimum atomic E-state index is -0.555. The molecule has 1 unspecified atom stereocenters. The van der Waals surface area contributed by atoms with Gasteiger partial charge in [0.05, 0.1) is 0 Å². The molecule has 1 aromatic rings. The Labute approximate surface area is 110 Å². The lowest BCUT2D eigenvalue weighted by molar-refractivity contribution is -0.123. The van der Waals surface area contributed by atoms with Crippen LogP contribution in [-0.2, 0) is 4.79 Å². The molecule has 2 nitrogen and oxygen atoms in total. The third-order valence-corrected chi connectivity index (χ3v) is 3.24. The number of hydrogen-bond donors (Lipinski definition) is 0. The van der Waals surface area contributed by atoms with Gasteiger partial charge in [-0.2, -0.15) is 0 Å².